The van der Waals surface area contributed by atoms with Gasteiger partial charge < -0.3 is 4.90 Å². The number of hydrogen-bond acceptors (Lipinski definition) is 1. The molecule has 25 heavy (non-hydrogen) atoms. The largest absolute Gasteiger partial charge is 0.309 e. The number of halogens is 1. The molecule has 2 atom stereocenters. The van der Waals surface area contributed by atoms with Gasteiger partial charge in [0.15, 0.2) is 0 Å². The molecule has 0 aliphatic heterocycles. The van der Waals surface area contributed by atoms with Crippen molar-refractivity contribution in [2.24, 2.45) is 10.8 Å². The molecule has 0 saturated heterocycles. The SMILES string of the molecule is CCC1=CC(C)=CCC1(C)C(C)(CCCN(C)C)C1=CC=C(F)CC1. The zero-order chi connectivity index (χ0) is 18.7. The average molecular weight is 346 g/mol. The minimum Gasteiger partial charge on any atom is -0.309 e. The second-order valence-corrected chi connectivity index (χ2v) is 8.55. The number of nitrogens with zero attached hydrogens (tertiary/aromatic N) is 1. The van der Waals surface area contributed by atoms with Crippen LogP contribution in [0, 0.1) is 10.8 Å². The first-order valence-electron chi connectivity index (χ1n) is 9.81. The van der Waals surface area contributed by atoms with Crippen LogP contribution >= 0.6 is 0 Å². The molecule has 0 bridgehead atoms. The first-order chi connectivity index (χ1) is 11.7. The summed E-state index contributed by atoms with van der Waals surface area (Å²) in [6, 6.07) is 0. The van der Waals surface area contributed by atoms with Crippen molar-refractivity contribution in [3.63, 3.8) is 0 Å². The van der Waals surface area contributed by atoms with Crippen LogP contribution in [0.1, 0.15) is 66.2 Å². The Balaban J connectivity index is 2.42. The summed E-state index contributed by atoms with van der Waals surface area (Å²) in [4.78, 5) is 2.26. The van der Waals surface area contributed by atoms with Gasteiger partial charge in [0.05, 0.1) is 0 Å². The highest BCUT2D eigenvalue weighted by atomic mass is 19.1. The van der Waals surface area contributed by atoms with E-state index < -0.39 is 0 Å². The highest BCUT2D eigenvalue weighted by molar-refractivity contribution is 5.39. The maximum Gasteiger partial charge on any atom is 0.100 e. The van der Waals surface area contributed by atoms with Crippen molar-refractivity contribution in [3.8, 4) is 0 Å². The van der Waals surface area contributed by atoms with E-state index in [-0.39, 0.29) is 16.7 Å². The quantitative estimate of drug-likeness (QED) is 0.502. The Morgan fingerprint density at radius 1 is 1.24 bits per heavy atom. The number of hydrogen-bond donors (Lipinski definition) is 0. The van der Waals surface area contributed by atoms with E-state index in [1.165, 1.54) is 17.6 Å². The van der Waals surface area contributed by atoms with Gasteiger partial charge in [-0.25, -0.2) is 4.39 Å². The van der Waals surface area contributed by atoms with Crippen LogP contribution in [0.3, 0.4) is 0 Å². The van der Waals surface area contributed by atoms with Gasteiger partial charge in [-0.3, -0.25) is 0 Å². The van der Waals surface area contributed by atoms with Gasteiger partial charge in [0.1, 0.15) is 5.83 Å². The van der Waals surface area contributed by atoms with E-state index in [4.69, 9.17) is 0 Å². The fourth-order valence-electron chi connectivity index (χ4n) is 4.67. The maximum absolute atomic E-state index is 13.6. The van der Waals surface area contributed by atoms with Gasteiger partial charge in [0.25, 0.3) is 0 Å². The summed E-state index contributed by atoms with van der Waals surface area (Å²) in [6.07, 6.45) is 14.5. The molecule has 0 aromatic heterocycles. The highest BCUT2D eigenvalue weighted by Crippen LogP contribution is 2.58. The third-order valence-corrected chi connectivity index (χ3v) is 6.63. The van der Waals surface area contributed by atoms with Crippen molar-refractivity contribution in [2.45, 2.75) is 66.2 Å². The smallest absolute Gasteiger partial charge is 0.100 e. The summed E-state index contributed by atoms with van der Waals surface area (Å²) in [5.41, 5.74) is 4.55. The van der Waals surface area contributed by atoms with Crippen LogP contribution in [0.25, 0.3) is 0 Å². The molecular formula is C23H36FN. The van der Waals surface area contributed by atoms with Crippen molar-refractivity contribution in [1.29, 1.82) is 0 Å². The molecule has 0 fully saturated rings. The van der Waals surface area contributed by atoms with Crippen LogP contribution in [0.15, 0.2) is 46.9 Å². The Labute approximate surface area is 154 Å². The Bertz CT molecular complexity index is 608. The number of allylic oxidation sites excluding steroid dienone is 8. The van der Waals surface area contributed by atoms with E-state index >= 15 is 0 Å². The van der Waals surface area contributed by atoms with E-state index in [0.717, 1.165) is 32.2 Å². The molecular weight excluding hydrogens is 309 g/mol. The summed E-state index contributed by atoms with van der Waals surface area (Å²) in [5.74, 6) is 0.0233. The lowest BCUT2D eigenvalue weighted by Crippen LogP contribution is -2.42. The Kier molecular flexibility index (Phi) is 6.48. The van der Waals surface area contributed by atoms with E-state index in [1.54, 1.807) is 11.6 Å². The van der Waals surface area contributed by atoms with Crippen LogP contribution in [-0.4, -0.2) is 25.5 Å². The predicted octanol–water partition coefficient (Wildman–Crippen LogP) is 6.60. The first kappa shape index (κ1) is 20.2. The predicted molar refractivity (Wildman–Crippen MR) is 107 cm³/mol. The van der Waals surface area contributed by atoms with Crippen LogP contribution in [0.2, 0.25) is 0 Å². The van der Waals surface area contributed by atoms with Crippen LogP contribution < -0.4 is 0 Å². The molecule has 0 amide bonds. The van der Waals surface area contributed by atoms with Gasteiger partial charge in [-0.05, 0) is 71.2 Å². The zero-order valence-corrected chi connectivity index (χ0v) is 17.1. The number of rotatable bonds is 7. The third kappa shape index (κ3) is 4.16. The standard InChI is InChI=1S/C23H36FN/c1-7-19-17-18(2)13-15-23(19,4)22(3,14-8-16-25(5)6)20-9-11-21(24)12-10-20/h9,11,13,17H,7-8,10,12,14-16H2,1-6H3. The van der Waals surface area contributed by atoms with Gasteiger partial charge in [-0.15, -0.1) is 0 Å². The van der Waals surface area contributed by atoms with E-state index in [0.29, 0.717) is 6.42 Å². The van der Waals surface area contributed by atoms with E-state index in [2.05, 4.69) is 64.9 Å². The molecule has 0 heterocycles. The lowest BCUT2D eigenvalue weighted by atomic mass is 9.52. The van der Waals surface area contributed by atoms with Gasteiger partial charge in [0, 0.05) is 11.8 Å². The molecule has 0 spiro atoms. The Hall–Kier alpha value is -1.15. The molecule has 0 aromatic carbocycles. The van der Waals surface area contributed by atoms with Crippen molar-refractivity contribution in [1.82, 2.24) is 4.90 Å². The second kappa shape index (κ2) is 8.03. The molecule has 2 unspecified atom stereocenters. The molecule has 140 valence electrons. The monoisotopic (exact) mass is 345 g/mol. The van der Waals surface area contributed by atoms with Gasteiger partial charge in [-0.2, -0.15) is 0 Å². The van der Waals surface area contributed by atoms with Crippen LogP contribution in [-0.2, 0) is 0 Å². The van der Waals surface area contributed by atoms with Gasteiger partial charge in [-0.1, -0.05) is 55.7 Å². The highest BCUT2D eigenvalue weighted by Gasteiger charge is 2.48. The van der Waals surface area contributed by atoms with Crippen molar-refractivity contribution in [2.75, 3.05) is 20.6 Å². The maximum atomic E-state index is 13.6. The molecule has 0 saturated carbocycles. The Morgan fingerprint density at radius 2 is 1.96 bits per heavy atom. The topological polar surface area (TPSA) is 3.24 Å². The van der Waals surface area contributed by atoms with Crippen molar-refractivity contribution >= 4 is 0 Å². The fraction of sp³-hybridized carbons (Fsp3) is 0.652. The summed E-state index contributed by atoms with van der Waals surface area (Å²) >= 11 is 0. The van der Waals surface area contributed by atoms with Crippen molar-refractivity contribution in [3.05, 3.63) is 46.9 Å². The zero-order valence-electron chi connectivity index (χ0n) is 17.1. The van der Waals surface area contributed by atoms with Gasteiger partial charge in [0.2, 0.25) is 0 Å². The molecule has 1 nitrogen and oxygen atoms in total. The third-order valence-electron chi connectivity index (χ3n) is 6.63. The average Bonchev–Trinajstić information content (AvgIpc) is 2.57. The summed E-state index contributed by atoms with van der Waals surface area (Å²) in [7, 11) is 4.28. The van der Waals surface area contributed by atoms with Gasteiger partial charge >= 0.3 is 0 Å². The molecule has 2 rings (SSSR count). The van der Waals surface area contributed by atoms with E-state index in [9.17, 15) is 4.39 Å². The Morgan fingerprint density at radius 3 is 2.52 bits per heavy atom. The summed E-state index contributed by atoms with van der Waals surface area (Å²) in [6.45, 7) is 10.5. The molecule has 2 aliphatic rings. The molecule has 0 N–H and O–H groups in total. The minimum atomic E-state index is 0.0233. The molecule has 0 radical (unpaired) electrons. The van der Waals surface area contributed by atoms with Crippen molar-refractivity contribution < 1.29 is 4.39 Å². The first-order valence-corrected chi connectivity index (χ1v) is 9.81. The lowest BCUT2D eigenvalue weighted by molar-refractivity contribution is 0.123. The molecule has 2 aliphatic carbocycles. The summed E-state index contributed by atoms with van der Waals surface area (Å²) in [5, 5.41) is 0. The summed E-state index contributed by atoms with van der Waals surface area (Å²) < 4.78 is 13.6. The fourth-order valence-corrected chi connectivity index (χ4v) is 4.67. The normalized spacial score (nSPS) is 26.6. The van der Waals surface area contributed by atoms with E-state index in [1.807, 2.05) is 0 Å². The molecule has 0 aromatic rings. The second-order valence-electron chi connectivity index (χ2n) is 8.55. The molecule has 2 heteroatoms. The van der Waals surface area contributed by atoms with Crippen LogP contribution in [0.5, 0.6) is 0 Å². The lowest BCUT2D eigenvalue weighted by Gasteiger charge is -2.52. The van der Waals surface area contributed by atoms with Crippen LogP contribution in [0.4, 0.5) is 4.39 Å². The minimum absolute atomic E-state index is 0.0233.